The Labute approximate surface area is 225 Å². The maximum atomic E-state index is 6.36. The first-order valence-electron chi connectivity index (χ1n) is 13.6. The molecule has 0 aliphatic rings. The fourth-order valence-corrected chi connectivity index (χ4v) is 8.49. The predicted molar refractivity (Wildman–Crippen MR) is 140 cm³/mol. The van der Waals surface area contributed by atoms with Crippen molar-refractivity contribution in [2.45, 2.75) is 119 Å². The molecule has 0 atom stereocenters. The van der Waals surface area contributed by atoms with Gasteiger partial charge in [0.25, 0.3) is 0 Å². The van der Waals surface area contributed by atoms with E-state index in [9.17, 15) is 0 Å². The second-order valence-corrected chi connectivity index (χ2v) is 13.1. The molecule has 0 aliphatic carbocycles. The van der Waals surface area contributed by atoms with Gasteiger partial charge in [0.1, 0.15) is 0 Å². The van der Waals surface area contributed by atoms with Crippen LogP contribution in [0.1, 0.15) is 119 Å². The Kier molecular flexibility index (Phi) is 27.6. The molecule has 0 radical (unpaired) electrons. The molecular formula is C24H54LiNO6Si2. The minimum atomic E-state index is -3.41. The summed E-state index contributed by atoms with van der Waals surface area (Å²) in [5.41, 5.74) is 0. The van der Waals surface area contributed by atoms with Crippen LogP contribution in [-0.2, 0) is 26.6 Å². The third-order valence-corrected chi connectivity index (χ3v) is 10.6. The first-order chi connectivity index (χ1) is 16.1. The van der Waals surface area contributed by atoms with Crippen LogP contribution < -0.4 is 18.9 Å². The molecule has 0 rings (SSSR count). The summed E-state index contributed by atoms with van der Waals surface area (Å²) in [6.45, 7) is 16.2. The molecule has 0 fully saturated rings. The minimum absolute atomic E-state index is 0. The van der Waals surface area contributed by atoms with E-state index in [0.29, 0.717) is 39.6 Å². The SMILES string of the molecule is CCCCO[Si]([N-][Si](OCCCC)(OCCCC)OCCCC)(OCCCC)OCCCC.[Li+]. The van der Waals surface area contributed by atoms with Gasteiger partial charge in [-0.2, -0.15) is 0 Å². The second-order valence-electron chi connectivity index (χ2n) is 8.37. The van der Waals surface area contributed by atoms with Crippen molar-refractivity contribution in [3.05, 3.63) is 4.65 Å². The van der Waals surface area contributed by atoms with Crippen molar-refractivity contribution in [2.75, 3.05) is 39.6 Å². The van der Waals surface area contributed by atoms with E-state index >= 15 is 0 Å². The van der Waals surface area contributed by atoms with E-state index in [1.807, 2.05) is 0 Å². The van der Waals surface area contributed by atoms with Gasteiger partial charge in [-0.25, -0.2) is 0 Å². The van der Waals surface area contributed by atoms with Gasteiger partial charge < -0.3 is 31.2 Å². The molecule has 7 nitrogen and oxygen atoms in total. The van der Waals surface area contributed by atoms with Gasteiger partial charge in [-0.15, -0.1) is 0 Å². The molecule has 0 unspecified atom stereocenters. The largest absolute Gasteiger partial charge is 1.00 e. The van der Waals surface area contributed by atoms with Crippen LogP contribution in [-0.4, -0.2) is 57.6 Å². The Morgan fingerprint density at radius 3 is 0.706 bits per heavy atom. The molecule has 0 aliphatic heterocycles. The van der Waals surface area contributed by atoms with E-state index in [-0.39, 0.29) is 18.9 Å². The van der Waals surface area contributed by atoms with Crippen LogP contribution in [0.15, 0.2) is 0 Å². The Balaban J connectivity index is 0. The first kappa shape index (κ1) is 36.9. The monoisotopic (exact) mass is 515 g/mol. The number of unbranched alkanes of at least 4 members (excludes halogenated alkanes) is 6. The van der Waals surface area contributed by atoms with Crippen molar-refractivity contribution in [3.8, 4) is 0 Å². The molecule has 0 bridgehead atoms. The van der Waals surface area contributed by atoms with E-state index in [0.717, 1.165) is 77.0 Å². The van der Waals surface area contributed by atoms with E-state index in [1.165, 1.54) is 0 Å². The molecule has 0 aromatic carbocycles. The van der Waals surface area contributed by atoms with Crippen molar-refractivity contribution in [2.24, 2.45) is 0 Å². The zero-order chi connectivity index (χ0) is 24.7. The molecule has 0 N–H and O–H groups in total. The Morgan fingerprint density at radius 2 is 0.559 bits per heavy atom. The van der Waals surface area contributed by atoms with Crippen molar-refractivity contribution in [1.29, 1.82) is 0 Å². The topological polar surface area (TPSA) is 69.5 Å². The summed E-state index contributed by atoms with van der Waals surface area (Å²) in [6, 6.07) is 0. The number of hydrogen-bond donors (Lipinski definition) is 0. The van der Waals surface area contributed by atoms with Gasteiger partial charge in [0.2, 0.25) is 0 Å². The maximum absolute atomic E-state index is 6.36. The molecule has 0 aromatic rings. The molecule has 0 saturated heterocycles. The summed E-state index contributed by atoms with van der Waals surface area (Å²) in [5.74, 6) is 0. The van der Waals surface area contributed by atoms with Crippen molar-refractivity contribution in [3.63, 3.8) is 0 Å². The Hall–Kier alpha value is 0.751. The molecule has 200 valence electrons. The summed E-state index contributed by atoms with van der Waals surface area (Å²) in [6.07, 6.45) is 11.8. The molecule has 0 amide bonds. The van der Waals surface area contributed by atoms with Gasteiger partial charge in [-0.05, 0) is 38.5 Å². The minimum Gasteiger partial charge on any atom is -0.523 e. The van der Waals surface area contributed by atoms with E-state index in [2.05, 4.69) is 41.5 Å². The van der Waals surface area contributed by atoms with Gasteiger partial charge in [-0.3, -0.25) is 0 Å². The third-order valence-electron chi connectivity index (χ3n) is 4.97. The standard InChI is InChI=1S/C24H54NO6Si2.Li/c1-7-13-19-26-32(27-20-14-8-2,28-21-15-9-3)25-33(29-22-16-10-4,30-23-17-11-5)31-24-18-12-6;/h7-24H2,1-6H3;/q-1;+1. The van der Waals surface area contributed by atoms with Crippen LogP contribution in [0, 0.1) is 0 Å². The summed E-state index contributed by atoms with van der Waals surface area (Å²) >= 11 is 0. The summed E-state index contributed by atoms with van der Waals surface area (Å²) < 4.78 is 43.3. The normalized spacial score (nSPS) is 12.2. The van der Waals surface area contributed by atoms with Crippen LogP contribution in [0.4, 0.5) is 0 Å². The quantitative estimate of drug-likeness (QED) is 0.127. The fourth-order valence-electron chi connectivity index (χ4n) is 2.68. The Bertz CT molecular complexity index is 338. The van der Waals surface area contributed by atoms with Gasteiger partial charge in [0.15, 0.2) is 0 Å². The second kappa shape index (κ2) is 25.4. The fraction of sp³-hybridized carbons (Fsp3) is 1.00. The van der Waals surface area contributed by atoms with Gasteiger partial charge in [0.05, 0.1) is 0 Å². The average molecular weight is 516 g/mol. The number of rotatable bonds is 26. The van der Waals surface area contributed by atoms with Crippen molar-refractivity contribution < 1.29 is 45.4 Å². The maximum Gasteiger partial charge on any atom is 1.00 e. The van der Waals surface area contributed by atoms with E-state index < -0.39 is 17.9 Å². The van der Waals surface area contributed by atoms with E-state index in [1.54, 1.807) is 0 Å². The van der Waals surface area contributed by atoms with Crippen LogP contribution in [0.25, 0.3) is 4.65 Å². The van der Waals surface area contributed by atoms with Crippen molar-refractivity contribution in [1.82, 2.24) is 0 Å². The zero-order valence-corrected chi connectivity index (χ0v) is 25.6. The number of hydrogen-bond acceptors (Lipinski definition) is 6. The summed E-state index contributed by atoms with van der Waals surface area (Å²) in [7, 11) is -6.82. The van der Waals surface area contributed by atoms with Gasteiger partial charge >= 0.3 is 36.8 Å². The van der Waals surface area contributed by atoms with Crippen LogP contribution in [0.5, 0.6) is 0 Å². The summed E-state index contributed by atoms with van der Waals surface area (Å²) in [4.78, 5) is 0. The third kappa shape index (κ3) is 18.1. The molecular weight excluding hydrogens is 461 g/mol. The molecule has 0 heterocycles. The first-order valence-corrected chi connectivity index (χ1v) is 17.0. The Morgan fingerprint density at radius 1 is 0.382 bits per heavy atom. The predicted octanol–water partition coefficient (Wildman–Crippen LogP) is 4.14. The van der Waals surface area contributed by atoms with E-state index in [4.69, 9.17) is 31.2 Å². The molecule has 0 aromatic heterocycles. The smallest absolute Gasteiger partial charge is 0.523 e. The molecule has 34 heavy (non-hydrogen) atoms. The summed E-state index contributed by atoms with van der Waals surface area (Å²) in [5, 5.41) is 0. The number of nitrogens with zero attached hydrogens (tertiary/aromatic N) is 1. The van der Waals surface area contributed by atoms with Crippen molar-refractivity contribution >= 4 is 17.9 Å². The average Bonchev–Trinajstić information content (AvgIpc) is 2.80. The van der Waals surface area contributed by atoms with Crippen LogP contribution in [0.2, 0.25) is 0 Å². The molecule has 0 saturated carbocycles. The zero-order valence-electron chi connectivity index (χ0n) is 23.6. The van der Waals surface area contributed by atoms with Gasteiger partial charge in [0, 0.05) is 39.6 Å². The van der Waals surface area contributed by atoms with Crippen LogP contribution >= 0.6 is 0 Å². The van der Waals surface area contributed by atoms with Crippen LogP contribution in [0.3, 0.4) is 0 Å². The molecule has 0 spiro atoms. The molecule has 10 heteroatoms. The van der Waals surface area contributed by atoms with Gasteiger partial charge in [-0.1, -0.05) is 80.1 Å².